The SMILES string of the molecule is C[C@H]1[C@H](C)OC(=O)[C@H]1NC(=O)Cc1ccccc1. The predicted octanol–water partition coefficient (Wildman–Crippen LogP) is 1.30. The van der Waals surface area contributed by atoms with Crippen LogP contribution in [0.25, 0.3) is 0 Å². The average molecular weight is 247 g/mol. The van der Waals surface area contributed by atoms with E-state index in [0.717, 1.165) is 5.56 Å². The summed E-state index contributed by atoms with van der Waals surface area (Å²) in [6, 6.07) is 8.93. The van der Waals surface area contributed by atoms with Gasteiger partial charge >= 0.3 is 5.97 Å². The Morgan fingerprint density at radius 3 is 2.50 bits per heavy atom. The van der Waals surface area contributed by atoms with Gasteiger partial charge in [-0.25, -0.2) is 4.79 Å². The van der Waals surface area contributed by atoms with Crippen LogP contribution in [-0.2, 0) is 20.7 Å². The fourth-order valence-electron chi connectivity index (χ4n) is 2.05. The van der Waals surface area contributed by atoms with Crippen LogP contribution in [0.3, 0.4) is 0 Å². The normalized spacial score (nSPS) is 26.8. The molecule has 1 aromatic rings. The van der Waals surface area contributed by atoms with E-state index in [-0.39, 0.29) is 30.3 Å². The number of carbonyl (C=O) groups is 2. The van der Waals surface area contributed by atoms with Crippen LogP contribution in [0.4, 0.5) is 0 Å². The number of esters is 1. The molecule has 0 aliphatic carbocycles. The van der Waals surface area contributed by atoms with Crippen molar-refractivity contribution in [3.8, 4) is 0 Å². The van der Waals surface area contributed by atoms with Crippen molar-refractivity contribution in [3.63, 3.8) is 0 Å². The molecular weight excluding hydrogens is 230 g/mol. The summed E-state index contributed by atoms with van der Waals surface area (Å²) >= 11 is 0. The van der Waals surface area contributed by atoms with Gasteiger partial charge in [-0.15, -0.1) is 0 Å². The first-order chi connectivity index (χ1) is 8.58. The summed E-state index contributed by atoms with van der Waals surface area (Å²) in [5.74, 6) is -0.474. The van der Waals surface area contributed by atoms with Gasteiger partial charge in [0.2, 0.25) is 5.91 Å². The van der Waals surface area contributed by atoms with Crippen LogP contribution in [0.5, 0.6) is 0 Å². The van der Waals surface area contributed by atoms with Crippen LogP contribution in [0.1, 0.15) is 19.4 Å². The molecule has 1 amide bonds. The third kappa shape index (κ3) is 2.70. The van der Waals surface area contributed by atoms with E-state index in [9.17, 15) is 9.59 Å². The lowest BCUT2D eigenvalue weighted by atomic mass is 10.00. The van der Waals surface area contributed by atoms with Crippen molar-refractivity contribution in [1.82, 2.24) is 5.32 Å². The Labute approximate surface area is 106 Å². The maximum atomic E-state index is 11.8. The zero-order chi connectivity index (χ0) is 13.1. The Hall–Kier alpha value is -1.84. The van der Waals surface area contributed by atoms with E-state index in [1.165, 1.54) is 0 Å². The first-order valence-electron chi connectivity index (χ1n) is 6.11. The molecule has 1 aliphatic heterocycles. The van der Waals surface area contributed by atoms with Gasteiger partial charge in [0.15, 0.2) is 0 Å². The van der Waals surface area contributed by atoms with E-state index in [4.69, 9.17) is 4.74 Å². The molecule has 0 aromatic heterocycles. The molecule has 18 heavy (non-hydrogen) atoms. The summed E-state index contributed by atoms with van der Waals surface area (Å²) in [7, 11) is 0. The molecule has 0 bridgehead atoms. The third-order valence-electron chi connectivity index (χ3n) is 3.35. The standard InChI is InChI=1S/C14H17NO3/c1-9-10(2)18-14(17)13(9)15-12(16)8-11-6-4-3-5-7-11/h3-7,9-10,13H,8H2,1-2H3,(H,15,16)/t9-,10-,13-/m0/s1. The van der Waals surface area contributed by atoms with Crippen LogP contribution in [0, 0.1) is 5.92 Å². The van der Waals surface area contributed by atoms with Gasteiger partial charge < -0.3 is 10.1 Å². The maximum Gasteiger partial charge on any atom is 0.329 e. The average Bonchev–Trinajstić information content (AvgIpc) is 2.57. The zero-order valence-corrected chi connectivity index (χ0v) is 10.6. The number of hydrogen-bond acceptors (Lipinski definition) is 3. The van der Waals surface area contributed by atoms with Crippen molar-refractivity contribution in [3.05, 3.63) is 35.9 Å². The minimum Gasteiger partial charge on any atom is -0.461 e. The van der Waals surface area contributed by atoms with Crippen LogP contribution in [0.15, 0.2) is 30.3 Å². The summed E-state index contributed by atoms with van der Waals surface area (Å²) in [5.41, 5.74) is 0.932. The van der Waals surface area contributed by atoms with Crippen LogP contribution in [0.2, 0.25) is 0 Å². The Morgan fingerprint density at radius 1 is 1.28 bits per heavy atom. The second-order valence-electron chi connectivity index (χ2n) is 4.71. The minimum atomic E-state index is -0.517. The number of carbonyl (C=O) groups excluding carboxylic acids is 2. The summed E-state index contributed by atoms with van der Waals surface area (Å²) in [6.07, 6.45) is 0.144. The number of cyclic esters (lactones) is 1. The van der Waals surface area contributed by atoms with Gasteiger partial charge in [0.25, 0.3) is 0 Å². The number of nitrogens with one attached hydrogen (secondary N) is 1. The van der Waals surface area contributed by atoms with E-state index < -0.39 is 6.04 Å². The molecule has 0 unspecified atom stereocenters. The van der Waals surface area contributed by atoms with E-state index >= 15 is 0 Å². The molecular formula is C14H17NO3. The molecule has 0 radical (unpaired) electrons. The van der Waals surface area contributed by atoms with Crippen molar-refractivity contribution in [2.24, 2.45) is 5.92 Å². The Bertz CT molecular complexity index is 444. The molecule has 0 saturated carbocycles. The lowest BCUT2D eigenvalue weighted by Gasteiger charge is -2.14. The van der Waals surface area contributed by atoms with Crippen molar-refractivity contribution in [1.29, 1.82) is 0 Å². The second kappa shape index (κ2) is 5.21. The maximum absolute atomic E-state index is 11.8. The lowest BCUT2D eigenvalue weighted by molar-refractivity contribution is -0.143. The lowest BCUT2D eigenvalue weighted by Crippen LogP contribution is -2.42. The van der Waals surface area contributed by atoms with Gasteiger partial charge in [-0.2, -0.15) is 0 Å². The van der Waals surface area contributed by atoms with Gasteiger partial charge in [0.05, 0.1) is 6.42 Å². The van der Waals surface area contributed by atoms with Crippen molar-refractivity contribution >= 4 is 11.9 Å². The molecule has 96 valence electrons. The molecule has 1 fully saturated rings. The fourth-order valence-corrected chi connectivity index (χ4v) is 2.05. The molecule has 1 heterocycles. The predicted molar refractivity (Wildman–Crippen MR) is 66.8 cm³/mol. The van der Waals surface area contributed by atoms with Gasteiger partial charge in [-0.3, -0.25) is 4.79 Å². The first kappa shape index (κ1) is 12.6. The highest BCUT2D eigenvalue weighted by molar-refractivity contribution is 5.87. The molecule has 4 heteroatoms. The first-order valence-corrected chi connectivity index (χ1v) is 6.11. The molecule has 2 rings (SSSR count). The van der Waals surface area contributed by atoms with E-state index in [0.29, 0.717) is 0 Å². The van der Waals surface area contributed by atoms with Gasteiger partial charge in [-0.05, 0) is 12.5 Å². The zero-order valence-electron chi connectivity index (χ0n) is 10.6. The molecule has 1 aromatic carbocycles. The van der Waals surface area contributed by atoms with Gasteiger partial charge in [0.1, 0.15) is 12.1 Å². The van der Waals surface area contributed by atoms with Gasteiger partial charge in [0, 0.05) is 5.92 Å². The molecule has 1 N–H and O–H groups in total. The highest BCUT2D eigenvalue weighted by Crippen LogP contribution is 2.21. The van der Waals surface area contributed by atoms with Crippen molar-refractivity contribution < 1.29 is 14.3 Å². The number of amides is 1. The number of rotatable bonds is 3. The monoisotopic (exact) mass is 247 g/mol. The Morgan fingerprint density at radius 2 is 1.94 bits per heavy atom. The van der Waals surface area contributed by atoms with Crippen LogP contribution >= 0.6 is 0 Å². The molecule has 0 spiro atoms. The smallest absolute Gasteiger partial charge is 0.329 e. The Kier molecular flexibility index (Phi) is 3.65. The minimum absolute atomic E-state index is 0.0113. The largest absolute Gasteiger partial charge is 0.461 e. The second-order valence-corrected chi connectivity index (χ2v) is 4.71. The number of ether oxygens (including phenoxy) is 1. The molecule has 3 atom stereocenters. The summed E-state index contributed by atoms with van der Waals surface area (Å²) < 4.78 is 5.08. The number of benzene rings is 1. The van der Waals surface area contributed by atoms with Gasteiger partial charge in [-0.1, -0.05) is 37.3 Å². The molecule has 1 aliphatic rings. The summed E-state index contributed by atoms with van der Waals surface area (Å²) in [6.45, 7) is 3.74. The molecule has 1 saturated heterocycles. The Balaban J connectivity index is 1.94. The highest BCUT2D eigenvalue weighted by atomic mass is 16.6. The number of hydrogen-bond donors (Lipinski definition) is 1. The summed E-state index contributed by atoms with van der Waals surface area (Å²) in [4.78, 5) is 23.4. The van der Waals surface area contributed by atoms with E-state index in [1.807, 2.05) is 44.2 Å². The van der Waals surface area contributed by atoms with E-state index in [2.05, 4.69) is 5.32 Å². The summed E-state index contributed by atoms with van der Waals surface area (Å²) in [5, 5.41) is 2.74. The van der Waals surface area contributed by atoms with E-state index in [1.54, 1.807) is 0 Å². The molecule has 4 nitrogen and oxygen atoms in total. The third-order valence-corrected chi connectivity index (χ3v) is 3.35. The van der Waals surface area contributed by atoms with Crippen molar-refractivity contribution in [2.75, 3.05) is 0 Å². The topological polar surface area (TPSA) is 55.4 Å². The quantitative estimate of drug-likeness (QED) is 0.819. The highest BCUT2D eigenvalue weighted by Gasteiger charge is 2.40. The van der Waals surface area contributed by atoms with Crippen molar-refractivity contribution in [2.45, 2.75) is 32.4 Å². The fraction of sp³-hybridized carbons (Fsp3) is 0.429. The van der Waals surface area contributed by atoms with Crippen LogP contribution < -0.4 is 5.32 Å². The van der Waals surface area contributed by atoms with Crippen LogP contribution in [-0.4, -0.2) is 24.0 Å².